The van der Waals surface area contributed by atoms with Crippen LogP contribution >= 0.6 is 0 Å². The molecular weight excluding hydrogens is 252 g/mol. The van der Waals surface area contributed by atoms with Gasteiger partial charge in [0.25, 0.3) is 10.0 Å². The molecule has 6 nitrogen and oxygen atoms in total. The van der Waals surface area contributed by atoms with Crippen LogP contribution in [-0.2, 0) is 16.6 Å². The van der Waals surface area contributed by atoms with Gasteiger partial charge in [0.15, 0.2) is 5.03 Å². The molecule has 0 aliphatic heterocycles. The predicted octanol–water partition coefficient (Wildman–Crippen LogP) is 0.762. The summed E-state index contributed by atoms with van der Waals surface area (Å²) < 4.78 is 26.9. The first-order valence-corrected chi connectivity index (χ1v) is 7.34. The van der Waals surface area contributed by atoms with Crippen LogP contribution in [0.2, 0.25) is 0 Å². The number of aryl methyl sites for hydroxylation is 1. The summed E-state index contributed by atoms with van der Waals surface area (Å²) in [7, 11) is -1.79. The van der Waals surface area contributed by atoms with Gasteiger partial charge in [0.05, 0.1) is 0 Å². The first kappa shape index (κ1) is 15.1. The number of nitrogens with one attached hydrogen (secondary N) is 3. The molecular formula is C11H22N4O2S. The Bertz CT molecular complexity index is 500. The van der Waals surface area contributed by atoms with Gasteiger partial charge in [-0.3, -0.25) is 5.10 Å². The van der Waals surface area contributed by atoms with Crippen LogP contribution < -0.4 is 10.0 Å². The summed E-state index contributed by atoms with van der Waals surface area (Å²) in [5, 5.41) is 9.63. The molecule has 0 bridgehead atoms. The fraction of sp³-hybridized carbons (Fsp3) is 0.727. The highest BCUT2D eigenvalue weighted by atomic mass is 32.2. The standard InChI is InChI=1S/C11H22N4O2S/c1-8-9(6-12-5)10(15-14-8)18(16,17)13-7-11(2,3)4/h12-13H,6-7H2,1-5H3,(H,14,15). The van der Waals surface area contributed by atoms with Crippen LogP contribution in [0.4, 0.5) is 0 Å². The Morgan fingerprint density at radius 3 is 2.44 bits per heavy atom. The molecule has 3 N–H and O–H groups in total. The van der Waals surface area contributed by atoms with Crippen molar-refractivity contribution in [2.24, 2.45) is 5.41 Å². The van der Waals surface area contributed by atoms with E-state index in [0.29, 0.717) is 18.7 Å². The summed E-state index contributed by atoms with van der Waals surface area (Å²) in [6.45, 7) is 8.57. The van der Waals surface area contributed by atoms with Crippen molar-refractivity contribution in [1.82, 2.24) is 20.2 Å². The Morgan fingerprint density at radius 1 is 1.33 bits per heavy atom. The smallest absolute Gasteiger partial charge is 0.260 e. The Morgan fingerprint density at radius 2 is 1.94 bits per heavy atom. The number of hydrogen-bond acceptors (Lipinski definition) is 4. The third kappa shape index (κ3) is 3.79. The average Bonchev–Trinajstić information content (AvgIpc) is 2.58. The van der Waals surface area contributed by atoms with E-state index in [-0.39, 0.29) is 10.4 Å². The van der Waals surface area contributed by atoms with E-state index < -0.39 is 10.0 Å². The fourth-order valence-electron chi connectivity index (χ4n) is 1.42. The lowest BCUT2D eigenvalue weighted by molar-refractivity contribution is 0.407. The highest BCUT2D eigenvalue weighted by Crippen LogP contribution is 2.17. The van der Waals surface area contributed by atoms with Crippen LogP contribution in [0.1, 0.15) is 32.0 Å². The van der Waals surface area contributed by atoms with Crippen LogP contribution in [0.25, 0.3) is 0 Å². The zero-order chi connectivity index (χ0) is 14.0. The van der Waals surface area contributed by atoms with Gasteiger partial charge in [-0.1, -0.05) is 20.8 Å². The highest BCUT2D eigenvalue weighted by Gasteiger charge is 2.24. The third-order valence-corrected chi connectivity index (χ3v) is 3.81. The van der Waals surface area contributed by atoms with Gasteiger partial charge in [-0.25, -0.2) is 13.1 Å². The lowest BCUT2D eigenvalue weighted by atomic mass is 9.98. The molecule has 0 atom stereocenters. The molecule has 1 heterocycles. The topological polar surface area (TPSA) is 86.9 Å². The minimum absolute atomic E-state index is 0.0820. The minimum Gasteiger partial charge on any atom is -0.316 e. The van der Waals surface area contributed by atoms with Gasteiger partial charge in [0.2, 0.25) is 0 Å². The molecule has 0 unspecified atom stereocenters. The van der Waals surface area contributed by atoms with E-state index in [1.54, 1.807) is 7.05 Å². The molecule has 104 valence electrons. The van der Waals surface area contributed by atoms with Gasteiger partial charge >= 0.3 is 0 Å². The van der Waals surface area contributed by atoms with Crippen molar-refractivity contribution in [1.29, 1.82) is 0 Å². The summed E-state index contributed by atoms with van der Waals surface area (Å²) in [6.07, 6.45) is 0. The molecule has 18 heavy (non-hydrogen) atoms. The second-order valence-corrected chi connectivity index (χ2v) is 7.23. The van der Waals surface area contributed by atoms with Crippen LogP contribution in [0.15, 0.2) is 5.03 Å². The molecule has 0 aliphatic carbocycles. The molecule has 0 radical (unpaired) electrons. The monoisotopic (exact) mass is 274 g/mol. The average molecular weight is 274 g/mol. The molecule has 7 heteroatoms. The van der Waals surface area contributed by atoms with E-state index >= 15 is 0 Å². The largest absolute Gasteiger partial charge is 0.316 e. The predicted molar refractivity (Wildman–Crippen MR) is 70.7 cm³/mol. The maximum absolute atomic E-state index is 12.2. The van der Waals surface area contributed by atoms with Gasteiger partial charge in [0.1, 0.15) is 0 Å². The maximum Gasteiger partial charge on any atom is 0.260 e. The van der Waals surface area contributed by atoms with Crippen molar-refractivity contribution >= 4 is 10.0 Å². The zero-order valence-electron chi connectivity index (χ0n) is 11.6. The molecule has 0 aromatic carbocycles. The van der Waals surface area contributed by atoms with Crippen LogP contribution in [0, 0.1) is 12.3 Å². The Kier molecular flexibility index (Phi) is 4.52. The molecule has 0 fully saturated rings. The fourth-order valence-corrected chi connectivity index (χ4v) is 2.89. The van der Waals surface area contributed by atoms with Gasteiger partial charge in [-0.2, -0.15) is 5.10 Å². The highest BCUT2D eigenvalue weighted by molar-refractivity contribution is 7.89. The summed E-state index contributed by atoms with van der Waals surface area (Å²) in [4.78, 5) is 0. The van der Waals surface area contributed by atoms with Gasteiger partial charge < -0.3 is 5.32 Å². The third-order valence-electron chi connectivity index (χ3n) is 2.44. The Hall–Kier alpha value is -0.920. The number of rotatable bonds is 5. The van der Waals surface area contributed by atoms with E-state index in [1.807, 2.05) is 27.7 Å². The second-order valence-electron chi connectivity index (χ2n) is 5.55. The van der Waals surface area contributed by atoms with Crippen molar-refractivity contribution in [3.63, 3.8) is 0 Å². The van der Waals surface area contributed by atoms with Gasteiger partial charge in [-0.05, 0) is 19.4 Å². The van der Waals surface area contributed by atoms with Crippen molar-refractivity contribution in [3.05, 3.63) is 11.3 Å². The lowest BCUT2D eigenvalue weighted by Gasteiger charge is -2.18. The number of H-pyrrole nitrogens is 1. The number of sulfonamides is 1. The number of aromatic amines is 1. The molecule has 0 amide bonds. The van der Waals surface area contributed by atoms with Crippen molar-refractivity contribution in [3.8, 4) is 0 Å². The summed E-state index contributed by atoms with van der Waals surface area (Å²) in [5.74, 6) is 0. The second kappa shape index (κ2) is 5.38. The molecule has 0 saturated heterocycles. The van der Waals surface area contributed by atoms with Gasteiger partial charge in [-0.15, -0.1) is 0 Å². The minimum atomic E-state index is -3.56. The van der Waals surface area contributed by atoms with Crippen molar-refractivity contribution in [2.75, 3.05) is 13.6 Å². The Balaban J connectivity index is 2.98. The summed E-state index contributed by atoms with van der Waals surface area (Å²) in [6, 6.07) is 0. The molecule has 0 saturated carbocycles. The van der Waals surface area contributed by atoms with E-state index in [4.69, 9.17) is 0 Å². The molecule has 1 aromatic heterocycles. The number of aromatic nitrogens is 2. The van der Waals surface area contributed by atoms with E-state index in [9.17, 15) is 8.42 Å². The first-order chi connectivity index (χ1) is 8.17. The molecule has 1 rings (SSSR count). The van der Waals surface area contributed by atoms with E-state index in [2.05, 4.69) is 20.2 Å². The molecule has 0 aliphatic rings. The zero-order valence-corrected chi connectivity index (χ0v) is 12.4. The quantitative estimate of drug-likeness (QED) is 0.740. The van der Waals surface area contributed by atoms with Crippen molar-refractivity contribution in [2.45, 2.75) is 39.3 Å². The lowest BCUT2D eigenvalue weighted by Crippen LogP contribution is -2.33. The maximum atomic E-state index is 12.2. The normalized spacial score (nSPS) is 12.9. The van der Waals surface area contributed by atoms with E-state index in [0.717, 1.165) is 5.69 Å². The molecule has 0 spiro atoms. The van der Waals surface area contributed by atoms with Crippen molar-refractivity contribution < 1.29 is 8.42 Å². The van der Waals surface area contributed by atoms with Crippen LogP contribution in [-0.4, -0.2) is 32.2 Å². The molecule has 1 aromatic rings. The number of hydrogen-bond donors (Lipinski definition) is 3. The SMILES string of the molecule is CNCc1c(S(=O)(=O)NCC(C)(C)C)n[nH]c1C. The van der Waals surface area contributed by atoms with E-state index in [1.165, 1.54) is 0 Å². The number of nitrogens with zero attached hydrogens (tertiary/aromatic N) is 1. The van der Waals surface area contributed by atoms with Crippen LogP contribution in [0.5, 0.6) is 0 Å². The first-order valence-electron chi connectivity index (χ1n) is 5.85. The summed E-state index contributed by atoms with van der Waals surface area (Å²) >= 11 is 0. The summed E-state index contributed by atoms with van der Waals surface area (Å²) in [5.41, 5.74) is 1.33. The van der Waals surface area contributed by atoms with Crippen LogP contribution in [0.3, 0.4) is 0 Å². The van der Waals surface area contributed by atoms with Gasteiger partial charge in [0, 0.05) is 24.3 Å². The Labute approximate surface area is 109 Å².